The lowest BCUT2D eigenvalue weighted by molar-refractivity contribution is -0.138. The first-order chi connectivity index (χ1) is 35.9. The highest BCUT2D eigenvalue weighted by Gasteiger charge is 2.40. The van der Waals surface area contributed by atoms with E-state index in [0.717, 1.165) is 67.7 Å². The molecule has 0 bridgehead atoms. The molecule has 2 aromatic carbocycles. The smallest absolute Gasteiger partial charge is 0.416 e. The van der Waals surface area contributed by atoms with E-state index in [1.54, 1.807) is 24.4 Å². The van der Waals surface area contributed by atoms with E-state index in [1.807, 2.05) is 29.9 Å². The predicted molar refractivity (Wildman–Crippen MR) is 263 cm³/mol. The summed E-state index contributed by atoms with van der Waals surface area (Å²) >= 11 is 0. The van der Waals surface area contributed by atoms with Crippen molar-refractivity contribution in [3.8, 4) is 22.8 Å². The number of halogens is 3. The number of hydrogen-bond donors (Lipinski definition) is 2. The molecule has 22 heteroatoms. The average molecular weight is 1030 g/mol. The molecule has 2 fully saturated rings. The van der Waals surface area contributed by atoms with Gasteiger partial charge in [-0.15, -0.1) is 5.10 Å². The summed E-state index contributed by atoms with van der Waals surface area (Å²) in [5.41, 5.74) is 4.13. The summed E-state index contributed by atoms with van der Waals surface area (Å²) in [6.45, 7) is 8.02. The third kappa shape index (κ3) is 14.4. The first-order valence-corrected chi connectivity index (χ1v) is 24.8. The number of aromatic nitrogens is 5. The number of carbonyl (C=O) groups excluding carboxylic acids is 4. The van der Waals surface area contributed by atoms with Crippen LogP contribution in [0.2, 0.25) is 0 Å². The monoisotopic (exact) mass is 1030 g/mol. The van der Waals surface area contributed by atoms with Crippen LogP contribution in [-0.4, -0.2) is 132 Å². The lowest BCUT2D eigenvalue weighted by Crippen LogP contribution is -2.52. The number of unbranched alkanes of at least 4 members (excludes halogenated alkanes) is 4. The number of nitrogens with one attached hydrogen (secondary N) is 2. The van der Waals surface area contributed by atoms with Gasteiger partial charge in [-0.1, -0.05) is 36.6 Å². The van der Waals surface area contributed by atoms with Gasteiger partial charge in [0.15, 0.2) is 0 Å². The Morgan fingerprint density at radius 3 is 2.39 bits per heavy atom. The fraction of sp³-hybridized carbons (Fsp3) is 0.462. The highest BCUT2D eigenvalue weighted by Crippen LogP contribution is 2.36. The van der Waals surface area contributed by atoms with Gasteiger partial charge in [-0.25, -0.2) is 4.98 Å². The number of morpholine rings is 1. The van der Waals surface area contributed by atoms with E-state index < -0.39 is 29.6 Å². The Balaban J connectivity index is 0.672. The molecule has 5 aromatic rings. The molecule has 3 aliphatic heterocycles. The summed E-state index contributed by atoms with van der Waals surface area (Å²) in [5.74, 6) is -0.582. The second kappa shape index (κ2) is 25.8. The van der Waals surface area contributed by atoms with E-state index in [9.17, 15) is 32.3 Å². The molecule has 4 amide bonds. The lowest BCUT2D eigenvalue weighted by Gasteiger charge is -2.30. The molecule has 3 aromatic heterocycles. The van der Waals surface area contributed by atoms with Gasteiger partial charge in [0.2, 0.25) is 17.7 Å². The normalized spacial score (nSPS) is 15.8. The SMILES string of the molecule is Cc1ncc(NC(=O)c2cccc(C(F)(F)F)c2)cc1-c1cnc(OCCOCCOCCOCc2cn(CCCCCCCOc3cccc4c3CN(C3CCC(=O)NC3=O)C4=O)nn2)c(N2CCOCC2)c1. The van der Waals surface area contributed by atoms with Crippen LogP contribution in [0.1, 0.15) is 88.2 Å². The van der Waals surface area contributed by atoms with Crippen LogP contribution in [0.5, 0.6) is 11.6 Å². The number of fused-ring (bicyclic) bond motifs is 1. The molecule has 74 heavy (non-hydrogen) atoms. The molecule has 3 aliphatic rings. The maximum absolute atomic E-state index is 13.3. The second-order valence-electron chi connectivity index (χ2n) is 17.9. The van der Waals surface area contributed by atoms with Crippen molar-refractivity contribution < 1.29 is 60.8 Å². The molecule has 0 saturated carbocycles. The zero-order valence-electron chi connectivity index (χ0n) is 41.2. The van der Waals surface area contributed by atoms with Crippen LogP contribution in [0.4, 0.5) is 24.5 Å². The number of pyridine rings is 2. The molecule has 2 N–H and O–H groups in total. The number of carbonyl (C=O) groups is 4. The Hall–Kier alpha value is -7.01. The number of piperidine rings is 1. The summed E-state index contributed by atoms with van der Waals surface area (Å²) in [5, 5.41) is 13.4. The van der Waals surface area contributed by atoms with Crippen LogP contribution in [-0.2, 0) is 54.4 Å². The van der Waals surface area contributed by atoms with Crippen molar-refractivity contribution in [1.29, 1.82) is 0 Å². The molecule has 1 atom stereocenters. The maximum Gasteiger partial charge on any atom is 0.416 e. The number of anilines is 2. The summed E-state index contributed by atoms with van der Waals surface area (Å²) in [4.78, 5) is 62.7. The fourth-order valence-corrected chi connectivity index (χ4v) is 8.77. The van der Waals surface area contributed by atoms with Crippen molar-refractivity contribution in [2.75, 3.05) is 82.8 Å². The number of nitrogens with zero attached hydrogens (tertiary/aromatic N) is 7. The number of alkyl halides is 3. The van der Waals surface area contributed by atoms with Gasteiger partial charge in [-0.05, 0) is 68.7 Å². The highest BCUT2D eigenvalue weighted by molar-refractivity contribution is 6.06. The van der Waals surface area contributed by atoms with E-state index in [1.165, 1.54) is 23.2 Å². The van der Waals surface area contributed by atoms with Crippen LogP contribution in [0, 0.1) is 6.92 Å². The quantitative estimate of drug-likeness (QED) is 0.0443. The van der Waals surface area contributed by atoms with Crippen molar-refractivity contribution in [3.63, 3.8) is 0 Å². The maximum atomic E-state index is 13.3. The highest BCUT2D eigenvalue weighted by atomic mass is 19.4. The molecule has 6 heterocycles. The van der Waals surface area contributed by atoms with Crippen molar-refractivity contribution >= 4 is 35.0 Å². The minimum absolute atomic E-state index is 0.130. The first kappa shape index (κ1) is 53.3. The zero-order chi connectivity index (χ0) is 51.9. The average Bonchev–Trinajstić information content (AvgIpc) is 4.00. The number of ether oxygens (including phenoxy) is 6. The number of hydrogen-bond acceptors (Lipinski definition) is 15. The minimum Gasteiger partial charge on any atom is -0.493 e. The van der Waals surface area contributed by atoms with E-state index >= 15 is 0 Å². The molecule has 2 saturated heterocycles. The molecule has 0 aliphatic carbocycles. The Morgan fingerprint density at radius 2 is 1.59 bits per heavy atom. The molecule has 0 radical (unpaired) electrons. The summed E-state index contributed by atoms with van der Waals surface area (Å²) < 4.78 is 76.5. The molecule has 8 rings (SSSR count). The largest absolute Gasteiger partial charge is 0.493 e. The van der Waals surface area contributed by atoms with Gasteiger partial charge in [0.05, 0.1) is 89.7 Å². The molecule has 394 valence electrons. The lowest BCUT2D eigenvalue weighted by atomic mass is 10.0. The van der Waals surface area contributed by atoms with E-state index in [4.69, 9.17) is 28.4 Å². The third-order valence-electron chi connectivity index (χ3n) is 12.7. The number of aryl methyl sites for hydroxylation is 2. The Kier molecular flexibility index (Phi) is 18.6. The van der Waals surface area contributed by atoms with Crippen molar-refractivity contribution in [2.45, 2.75) is 83.8 Å². The number of benzene rings is 2. The molecule has 0 spiro atoms. The Bertz CT molecular complexity index is 2730. The fourth-order valence-electron chi connectivity index (χ4n) is 8.77. The van der Waals surface area contributed by atoms with Gasteiger partial charge < -0.3 is 43.5 Å². The minimum atomic E-state index is -4.58. The van der Waals surface area contributed by atoms with Crippen LogP contribution in [0.15, 0.2) is 73.2 Å². The van der Waals surface area contributed by atoms with E-state index in [-0.39, 0.29) is 37.0 Å². The third-order valence-corrected chi connectivity index (χ3v) is 12.7. The van der Waals surface area contributed by atoms with Crippen LogP contribution in [0.3, 0.4) is 0 Å². The van der Waals surface area contributed by atoms with Gasteiger partial charge in [0, 0.05) is 65.8 Å². The summed E-state index contributed by atoms with van der Waals surface area (Å²) in [6, 6.07) is 12.6. The topological polar surface area (TPSA) is 211 Å². The molecule has 1 unspecified atom stereocenters. The van der Waals surface area contributed by atoms with Crippen LogP contribution >= 0.6 is 0 Å². The van der Waals surface area contributed by atoms with Crippen molar-refractivity contribution in [2.24, 2.45) is 0 Å². The second-order valence-corrected chi connectivity index (χ2v) is 17.9. The van der Waals surface area contributed by atoms with Crippen molar-refractivity contribution in [3.05, 3.63) is 107 Å². The van der Waals surface area contributed by atoms with Gasteiger partial charge >= 0.3 is 6.18 Å². The molecular formula is C52H60F3N9O10. The Labute approximate surface area is 426 Å². The summed E-state index contributed by atoms with van der Waals surface area (Å²) in [6.07, 6.45) is 5.82. The van der Waals surface area contributed by atoms with Gasteiger partial charge in [0.25, 0.3) is 11.8 Å². The standard InChI is InChI=1S/C52H60F3N9O10/c1-35-42(29-39(31-56-35)58-48(66)36-9-7-10-38(27-36)52(53,54)55)37-28-45(62-16-19-69-20-17-62)50(57-30-37)74-26-25-71-22-21-70-23-24-72-34-40-32-63(61-60-40)15-5-3-2-4-6-18-73-46-12-8-11-41-43(46)33-64(51(41)68)44-13-14-47(65)59-49(44)67/h7-12,27-32,44H,2-6,13-26,33-34H2,1H3,(H,58,66)(H,59,65,67). The number of imide groups is 1. The molecule has 19 nitrogen and oxygen atoms in total. The predicted octanol–water partition coefficient (Wildman–Crippen LogP) is 6.57. The number of rotatable bonds is 26. The van der Waals surface area contributed by atoms with E-state index in [0.29, 0.717) is 119 Å². The first-order valence-electron chi connectivity index (χ1n) is 24.8. The van der Waals surface area contributed by atoms with Gasteiger partial charge in [-0.2, -0.15) is 13.2 Å². The van der Waals surface area contributed by atoms with E-state index in [2.05, 4.69) is 35.8 Å². The van der Waals surface area contributed by atoms with Gasteiger partial charge in [0.1, 0.15) is 29.8 Å². The Morgan fingerprint density at radius 1 is 0.838 bits per heavy atom. The van der Waals surface area contributed by atoms with Crippen molar-refractivity contribution in [1.82, 2.24) is 35.2 Å². The number of amides is 4. The van der Waals surface area contributed by atoms with Crippen LogP contribution < -0.4 is 25.0 Å². The van der Waals surface area contributed by atoms with Gasteiger partial charge in [-0.3, -0.25) is 34.2 Å². The van der Waals surface area contributed by atoms with Crippen LogP contribution in [0.25, 0.3) is 11.1 Å². The molecular weight excluding hydrogens is 968 g/mol. The summed E-state index contributed by atoms with van der Waals surface area (Å²) in [7, 11) is 0. The zero-order valence-corrected chi connectivity index (χ0v) is 41.2.